The summed E-state index contributed by atoms with van der Waals surface area (Å²) >= 11 is 13.8. The van der Waals surface area contributed by atoms with Gasteiger partial charge in [-0.1, -0.05) is 96.0 Å². The van der Waals surface area contributed by atoms with Crippen LogP contribution in [0, 0.1) is 0 Å². The molecule has 1 aliphatic heterocycles. The van der Waals surface area contributed by atoms with Crippen molar-refractivity contribution < 1.29 is 4.79 Å². The van der Waals surface area contributed by atoms with E-state index in [2.05, 4.69) is 22.9 Å². The highest BCUT2D eigenvalue weighted by atomic mass is 35.5. The third kappa shape index (κ3) is 5.33. The summed E-state index contributed by atoms with van der Waals surface area (Å²) in [7, 11) is 0. The molecule has 2 heterocycles. The molecule has 1 atom stereocenters. The van der Waals surface area contributed by atoms with E-state index < -0.39 is 0 Å². The maximum absolute atomic E-state index is 14.0. The number of aromatic nitrogens is 1. The number of hydrogen-bond donors (Lipinski definition) is 0. The Kier molecular flexibility index (Phi) is 7.53. The molecule has 0 spiro atoms. The quantitative estimate of drug-likeness (QED) is 0.187. The fourth-order valence-corrected chi connectivity index (χ4v) is 6.28. The Morgan fingerprint density at radius 1 is 0.875 bits per heavy atom. The average Bonchev–Trinajstić information content (AvgIpc) is 3.47. The van der Waals surface area contributed by atoms with Crippen molar-refractivity contribution in [1.29, 1.82) is 0 Å². The Morgan fingerprint density at radius 3 is 2.33 bits per heavy atom. The van der Waals surface area contributed by atoms with E-state index in [4.69, 9.17) is 28.2 Å². The summed E-state index contributed by atoms with van der Waals surface area (Å²) in [6.07, 6.45) is 4.07. The first kappa shape index (κ1) is 26.5. The molecule has 4 nitrogen and oxygen atoms in total. The van der Waals surface area contributed by atoms with Gasteiger partial charge in [0.25, 0.3) is 5.91 Å². The Bertz CT molecular complexity index is 1760. The van der Waals surface area contributed by atoms with E-state index in [-0.39, 0.29) is 11.9 Å². The molecular weight excluding hydrogens is 557 g/mol. The molecule has 0 bridgehead atoms. The molecule has 0 unspecified atom stereocenters. The Morgan fingerprint density at radius 2 is 1.57 bits per heavy atom. The number of amidine groups is 1. The van der Waals surface area contributed by atoms with Gasteiger partial charge in [0.15, 0.2) is 5.17 Å². The molecular formula is C33H25Cl2N3OS. The van der Waals surface area contributed by atoms with Crippen LogP contribution in [0.15, 0.2) is 119 Å². The van der Waals surface area contributed by atoms with Gasteiger partial charge in [0.1, 0.15) is 0 Å². The van der Waals surface area contributed by atoms with Gasteiger partial charge in [-0.3, -0.25) is 9.69 Å². The number of fused-ring (bicyclic) bond motifs is 1. The van der Waals surface area contributed by atoms with Gasteiger partial charge in [-0.25, -0.2) is 4.99 Å². The lowest BCUT2D eigenvalue weighted by Crippen LogP contribution is -2.32. The normalized spacial score (nSPS) is 16.4. The molecule has 40 heavy (non-hydrogen) atoms. The molecule has 5 aromatic rings. The van der Waals surface area contributed by atoms with E-state index in [1.54, 1.807) is 4.90 Å². The first-order valence-electron chi connectivity index (χ1n) is 12.9. The molecule has 0 aliphatic carbocycles. The second-order valence-electron chi connectivity index (χ2n) is 9.58. The number of aliphatic imine (C=N–C) groups is 1. The molecule has 6 rings (SSSR count). The highest BCUT2D eigenvalue weighted by Crippen LogP contribution is 2.40. The minimum absolute atomic E-state index is 0.0580. The predicted molar refractivity (Wildman–Crippen MR) is 168 cm³/mol. The van der Waals surface area contributed by atoms with Crippen LogP contribution in [0.3, 0.4) is 0 Å². The van der Waals surface area contributed by atoms with E-state index in [1.807, 2.05) is 104 Å². The molecule has 1 aromatic heterocycles. The summed E-state index contributed by atoms with van der Waals surface area (Å²) in [6.45, 7) is 2.67. The number of amides is 1. The van der Waals surface area contributed by atoms with Gasteiger partial charge in [0.2, 0.25) is 0 Å². The summed E-state index contributed by atoms with van der Waals surface area (Å²) in [5, 5.41) is 2.80. The van der Waals surface area contributed by atoms with Crippen LogP contribution < -0.4 is 0 Å². The number of thioether (sulfide) groups is 1. The van der Waals surface area contributed by atoms with E-state index >= 15 is 0 Å². The van der Waals surface area contributed by atoms with Gasteiger partial charge < -0.3 is 4.57 Å². The summed E-state index contributed by atoms with van der Waals surface area (Å²) in [4.78, 5) is 21.3. The molecule has 4 aromatic carbocycles. The van der Waals surface area contributed by atoms with Crippen molar-refractivity contribution >= 4 is 68.7 Å². The van der Waals surface area contributed by atoms with Gasteiger partial charge >= 0.3 is 0 Å². The topological polar surface area (TPSA) is 37.6 Å². The predicted octanol–water partition coefficient (Wildman–Crippen LogP) is 9.36. The molecule has 1 saturated heterocycles. The van der Waals surface area contributed by atoms with Gasteiger partial charge in [0.05, 0.1) is 26.7 Å². The second-order valence-corrected chi connectivity index (χ2v) is 11.4. The highest BCUT2D eigenvalue weighted by molar-refractivity contribution is 8.18. The van der Waals surface area contributed by atoms with Crippen molar-refractivity contribution in [1.82, 2.24) is 9.47 Å². The Balaban J connectivity index is 1.40. The zero-order valence-electron chi connectivity index (χ0n) is 21.7. The highest BCUT2D eigenvalue weighted by Gasteiger charge is 2.37. The number of rotatable bonds is 6. The standard InChI is InChI=1S/C33H25Cl2N3OS/c1-22(24-10-4-2-5-11-24)38-32(39)31(40-33(38)36-26-12-6-3-7-13-26)19-25-21-37(30-15-9-8-14-27(25)30)20-23-16-17-28(34)29(35)18-23/h2-19,21-22H,20H2,1H3/b31-19+,36-33?/t22-/m1/s1. The SMILES string of the molecule is C[C@H](c1ccccc1)N1C(=O)/C(=C\c2cn(Cc3ccc(Cl)c(Cl)c3)c3ccccc23)SC1=Nc1ccccc1. The molecule has 0 N–H and O–H groups in total. The van der Waals surface area contributed by atoms with Crippen molar-refractivity contribution in [3.05, 3.63) is 141 Å². The minimum atomic E-state index is -0.175. The van der Waals surface area contributed by atoms with Crippen molar-refractivity contribution in [3.8, 4) is 0 Å². The van der Waals surface area contributed by atoms with Gasteiger partial charge in [-0.05, 0) is 66.2 Å². The fourth-order valence-electron chi connectivity index (χ4n) is 4.90. The first-order valence-corrected chi connectivity index (χ1v) is 14.5. The lowest BCUT2D eigenvalue weighted by atomic mass is 10.1. The van der Waals surface area contributed by atoms with Gasteiger partial charge in [-0.2, -0.15) is 0 Å². The van der Waals surface area contributed by atoms with Gasteiger partial charge in [-0.15, -0.1) is 0 Å². The van der Waals surface area contributed by atoms with Gasteiger partial charge in [0, 0.05) is 29.2 Å². The molecule has 198 valence electrons. The molecule has 0 radical (unpaired) electrons. The minimum Gasteiger partial charge on any atom is -0.342 e. The van der Waals surface area contributed by atoms with Crippen molar-refractivity contribution in [3.63, 3.8) is 0 Å². The average molecular weight is 583 g/mol. The molecule has 1 aliphatic rings. The first-order chi connectivity index (χ1) is 19.5. The van der Waals surface area contributed by atoms with E-state index in [0.717, 1.165) is 33.3 Å². The maximum Gasteiger partial charge on any atom is 0.267 e. The fraction of sp³-hybridized carbons (Fsp3) is 0.0909. The molecule has 1 amide bonds. The smallest absolute Gasteiger partial charge is 0.267 e. The molecule has 1 fully saturated rings. The summed E-state index contributed by atoms with van der Waals surface area (Å²) < 4.78 is 2.18. The summed E-state index contributed by atoms with van der Waals surface area (Å²) in [5.74, 6) is -0.0580. The lowest BCUT2D eigenvalue weighted by Gasteiger charge is -2.24. The monoisotopic (exact) mass is 581 g/mol. The van der Waals surface area contributed by atoms with Crippen molar-refractivity contribution in [2.24, 2.45) is 4.99 Å². The van der Waals surface area contributed by atoms with Crippen LogP contribution >= 0.6 is 35.0 Å². The number of benzene rings is 4. The Labute approximate surface area is 247 Å². The van der Waals surface area contributed by atoms with Crippen LogP contribution in [0.4, 0.5) is 5.69 Å². The number of carbonyl (C=O) groups is 1. The van der Waals surface area contributed by atoms with E-state index in [1.165, 1.54) is 11.8 Å². The van der Waals surface area contributed by atoms with Crippen molar-refractivity contribution in [2.75, 3.05) is 0 Å². The molecule has 7 heteroatoms. The van der Waals surface area contributed by atoms with E-state index in [0.29, 0.717) is 26.7 Å². The largest absolute Gasteiger partial charge is 0.342 e. The second kappa shape index (κ2) is 11.4. The number of hydrogen-bond acceptors (Lipinski definition) is 3. The third-order valence-electron chi connectivity index (χ3n) is 6.93. The number of carbonyl (C=O) groups excluding carboxylic acids is 1. The number of nitrogens with zero attached hydrogens (tertiary/aromatic N) is 3. The van der Waals surface area contributed by atoms with Crippen LogP contribution in [0.1, 0.15) is 29.7 Å². The lowest BCUT2D eigenvalue weighted by molar-refractivity contribution is -0.123. The number of halogens is 2. The van der Waals surface area contributed by atoms with Crippen molar-refractivity contribution in [2.45, 2.75) is 19.5 Å². The van der Waals surface area contributed by atoms with Crippen LogP contribution in [-0.4, -0.2) is 20.5 Å². The Hall–Kier alpha value is -3.77. The zero-order chi connectivity index (χ0) is 27.6. The zero-order valence-corrected chi connectivity index (χ0v) is 24.0. The third-order valence-corrected chi connectivity index (χ3v) is 8.65. The number of para-hydroxylation sites is 2. The maximum atomic E-state index is 14.0. The van der Waals surface area contributed by atoms with Crippen LogP contribution in [0.2, 0.25) is 10.0 Å². The van der Waals surface area contributed by atoms with Crippen LogP contribution in [-0.2, 0) is 11.3 Å². The van der Waals surface area contributed by atoms with Crippen LogP contribution in [0.5, 0.6) is 0 Å². The summed E-state index contributed by atoms with van der Waals surface area (Å²) in [6, 6.07) is 33.5. The van der Waals surface area contributed by atoms with Crippen LogP contribution in [0.25, 0.3) is 17.0 Å². The van der Waals surface area contributed by atoms with E-state index in [9.17, 15) is 4.79 Å². The molecule has 0 saturated carbocycles. The summed E-state index contributed by atoms with van der Waals surface area (Å²) in [5.41, 5.74) is 4.95.